The van der Waals surface area contributed by atoms with E-state index >= 15 is 0 Å². The maximum Gasteiger partial charge on any atom is 0.161 e. The number of fused-ring (bicyclic) bond motifs is 4. The summed E-state index contributed by atoms with van der Waals surface area (Å²) < 4.78 is 46.8. The minimum Gasteiger partial charge on any atom is -0.487 e. The van der Waals surface area contributed by atoms with Crippen molar-refractivity contribution in [1.82, 2.24) is 0 Å². The van der Waals surface area contributed by atoms with Crippen LogP contribution in [-0.2, 0) is 18.9 Å². The van der Waals surface area contributed by atoms with E-state index in [4.69, 9.17) is 37.9 Å². The number of rotatable bonds is 0. The van der Waals surface area contributed by atoms with Crippen molar-refractivity contribution in [2.45, 2.75) is 0 Å². The standard InChI is InChI=1S/C32H36O8/c1-2-6-26-22-30-29(21-25(26)5-1)37-17-13-33-9-10-35-15-19-39-31-23-27-7-3-4-8-28(27)24-32(31)40-20-16-36-12-11-34-14-18-38-30/h1-8,21-24H,9-20H2. The summed E-state index contributed by atoms with van der Waals surface area (Å²) in [6, 6.07) is 24.2. The maximum absolute atomic E-state index is 6.01. The quantitative estimate of drug-likeness (QED) is 0.294. The predicted molar refractivity (Wildman–Crippen MR) is 153 cm³/mol. The number of hydrogen-bond donors (Lipinski definition) is 0. The molecule has 4 aromatic carbocycles. The Morgan fingerprint density at radius 2 is 0.525 bits per heavy atom. The summed E-state index contributed by atoms with van der Waals surface area (Å²) >= 11 is 0. The molecule has 0 aromatic heterocycles. The zero-order valence-electron chi connectivity index (χ0n) is 22.7. The summed E-state index contributed by atoms with van der Waals surface area (Å²) in [5.74, 6) is 2.73. The largest absolute Gasteiger partial charge is 0.487 e. The lowest BCUT2D eigenvalue weighted by Crippen LogP contribution is -2.15. The van der Waals surface area contributed by atoms with Crippen molar-refractivity contribution in [3.63, 3.8) is 0 Å². The highest BCUT2D eigenvalue weighted by molar-refractivity contribution is 5.86. The Bertz CT molecular complexity index is 1140. The number of benzene rings is 4. The molecule has 0 atom stereocenters. The fourth-order valence-electron chi connectivity index (χ4n) is 4.33. The molecule has 212 valence electrons. The molecule has 0 amide bonds. The topological polar surface area (TPSA) is 73.8 Å². The Morgan fingerprint density at radius 1 is 0.300 bits per heavy atom. The Hall–Kier alpha value is -3.56. The van der Waals surface area contributed by atoms with Gasteiger partial charge in [-0.3, -0.25) is 0 Å². The minimum atomic E-state index is 0.399. The average molecular weight is 549 g/mol. The highest BCUT2D eigenvalue weighted by Crippen LogP contribution is 2.33. The SMILES string of the molecule is c1ccc2cc3c(cc2c1)OCCOCCOCCOc1cc2ccccc2cc1OCCOCCOCCO3. The van der Waals surface area contributed by atoms with E-state index in [9.17, 15) is 0 Å². The van der Waals surface area contributed by atoms with Gasteiger partial charge in [-0.15, -0.1) is 0 Å². The van der Waals surface area contributed by atoms with Gasteiger partial charge in [-0.05, 0) is 45.8 Å². The zero-order chi connectivity index (χ0) is 27.2. The summed E-state index contributed by atoms with van der Waals surface area (Å²) in [6.07, 6.45) is 0. The molecule has 1 heterocycles. The summed E-state index contributed by atoms with van der Waals surface area (Å²) in [6.45, 7) is 5.20. The second kappa shape index (κ2) is 15.3. The monoisotopic (exact) mass is 548 g/mol. The fraction of sp³-hybridized carbons (Fsp3) is 0.375. The maximum atomic E-state index is 6.01. The van der Waals surface area contributed by atoms with Crippen molar-refractivity contribution in [3.05, 3.63) is 72.8 Å². The highest BCUT2D eigenvalue weighted by atomic mass is 16.6. The van der Waals surface area contributed by atoms with Gasteiger partial charge >= 0.3 is 0 Å². The van der Waals surface area contributed by atoms with Crippen LogP contribution in [0.25, 0.3) is 21.5 Å². The summed E-state index contributed by atoms with van der Waals surface area (Å²) in [5, 5.41) is 4.34. The molecule has 4 aromatic rings. The third-order valence-corrected chi connectivity index (χ3v) is 6.31. The first-order chi connectivity index (χ1) is 19.9. The van der Waals surface area contributed by atoms with Crippen molar-refractivity contribution >= 4 is 21.5 Å². The second-order valence-electron chi connectivity index (χ2n) is 9.14. The fourth-order valence-corrected chi connectivity index (χ4v) is 4.33. The molecule has 0 saturated heterocycles. The summed E-state index contributed by atoms with van der Waals surface area (Å²) in [4.78, 5) is 0. The number of ether oxygens (including phenoxy) is 8. The summed E-state index contributed by atoms with van der Waals surface area (Å²) in [7, 11) is 0. The van der Waals surface area contributed by atoms with Crippen molar-refractivity contribution < 1.29 is 37.9 Å². The smallest absolute Gasteiger partial charge is 0.161 e. The van der Waals surface area contributed by atoms with Crippen LogP contribution in [0, 0.1) is 0 Å². The van der Waals surface area contributed by atoms with E-state index in [0.29, 0.717) is 102 Å². The van der Waals surface area contributed by atoms with Crippen LogP contribution in [0.3, 0.4) is 0 Å². The molecule has 0 spiro atoms. The molecule has 8 heteroatoms. The van der Waals surface area contributed by atoms with Crippen LogP contribution < -0.4 is 18.9 Å². The summed E-state index contributed by atoms with van der Waals surface area (Å²) in [5.41, 5.74) is 0. The molecular formula is C32H36O8. The molecule has 40 heavy (non-hydrogen) atoms. The molecule has 0 fully saturated rings. The van der Waals surface area contributed by atoms with E-state index in [1.165, 1.54) is 0 Å². The molecule has 0 bridgehead atoms. The van der Waals surface area contributed by atoms with Gasteiger partial charge < -0.3 is 37.9 Å². The van der Waals surface area contributed by atoms with Crippen LogP contribution >= 0.6 is 0 Å². The molecule has 1 aliphatic rings. The van der Waals surface area contributed by atoms with E-state index in [-0.39, 0.29) is 0 Å². The van der Waals surface area contributed by atoms with E-state index in [1.807, 2.05) is 48.5 Å². The van der Waals surface area contributed by atoms with Gasteiger partial charge in [0.1, 0.15) is 26.4 Å². The van der Waals surface area contributed by atoms with E-state index < -0.39 is 0 Å². The van der Waals surface area contributed by atoms with Crippen LogP contribution in [0.15, 0.2) is 72.8 Å². The lowest BCUT2D eigenvalue weighted by atomic mass is 10.1. The lowest BCUT2D eigenvalue weighted by molar-refractivity contribution is 0.0224. The van der Waals surface area contributed by atoms with Gasteiger partial charge in [0, 0.05) is 0 Å². The van der Waals surface area contributed by atoms with Gasteiger partial charge in [0.05, 0.1) is 52.9 Å². The molecule has 0 unspecified atom stereocenters. The Labute approximate surface area is 234 Å². The first kappa shape index (κ1) is 28.0. The first-order valence-corrected chi connectivity index (χ1v) is 13.7. The van der Waals surface area contributed by atoms with Crippen molar-refractivity contribution in [1.29, 1.82) is 0 Å². The third kappa shape index (κ3) is 8.22. The van der Waals surface area contributed by atoms with Crippen LogP contribution in [0.5, 0.6) is 23.0 Å². The van der Waals surface area contributed by atoms with E-state index in [2.05, 4.69) is 24.3 Å². The Balaban J connectivity index is 1.17. The second-order valence-corrected chi connectivity index (χ2v) is 9.14. The van der Waals surface area contributed by atoms with Gasteiger partial charge in [0.2, 0.25) is 0 Å². The van der Waals surface area contributed by atoms with Crippen LogP contribution in [0.2, 0.25) is 0 Å². The molecule has 1 aliphatic heterocycles. The first-order valence-electron chi connectivity index (χ1n) is 13.7. The molecule has 0 N–H and O–H groups in total. The molecule has 8 nitrogen and oxygen atoms in total. The van der Waals surface area contributed by atoms with Crippen molar-refractivity contribution in [2.24, 2.45) is 0 Å². The third-order valence-electron chi connectivity index (χ3n) is 6.31. The van der Waals surface area contributed by atoms with Gasteiger partial charge in [0.25, 0.3) is 0 Å². The molecule has 0 aliphatic carbocycles. The molecule has 0 saturated carbocycles. The van der Waals surface area contributed by atoms with E-state index in [1.54, 1.807) is 0 Å². The molecule has 0 radical (unpaired) electrons. The molecule has 5 rings (SSSR count). The van der Waals surface area contributed by atoms with Crippen molar-refractivity contribution in [2.75, 3.05) is 79.3 Å². The van der Waals surface area contributed by atoms with Gasteiger partial charge in [-0.2, -0.15) is 0 Å². The Morgan fingerprint density at radius 3 is 0.775 bits per heavy atom. The van der Waals surface area contributed by atoms with Crippen LogP contribution in [0.1, 0.15) is 0 Å². The van der Waals surface area contributed by atoms with Gasteiger partial charge in [-0.25, -0.2) is 0 Å². The highest BCUT2D eigenvalue weighted by Gasteiger charge is 2.10. The average Bonchev–Trinajstić information content (AvgIpc) is 2.98. The Kier molecular flexibility index (Phi) is 10.7. The van der Waals surface area contributed by atoms with Gasteiger partial charge in [0.15, 0.2) is 23.0 Å². The normalized spacial score (nSPS) is 17.2. The van der Waals surface area contributed by atoms with Crippen LogP contribution in [-0.4, -0.2) is 79.3 Å². The van der Waals surface area contributed by atoms with Crippen molar-refractivity contribution in [3.8, 4) is 23.0 Å². The predicted octanol–water partition coefficient (Wildman–Crippen LogP) is 5.29. The number of hydrogen-bond acceptors (Lipinski definition) is 8. The minimum absolute atomic E-state index is 0.399. The molecular weight excluding hydrogens is 512 g/mol. The van der Waals surface area contributed by atoms with Gasteiger partial charge in [-0.1, -0.05) is 48.5 Å². The zero-order valence-corrected chi connectivity index (χ0v) is 22.7. The lowest BCUT2D eigenvalue weighted by Gasteiger charge is -2.16. The van der Waals surface area contributed by atoms with E-state index in [0.717, 1.165) is 21.5 Å². The van der Waals surface area contributed by atoms with Crippen LogP contribution in [0.4, 0.5) is 0 Å².